The van der Waals surface area contributed by atoms with Gasteiger partial charge in [-0.05, 0) is 43.2 Å². The number of rotatable bonds is 6. The largest absolute Gasteiger partial charge is 0.493 e. The van der Waals surface area contributed by atoms with Gasteiger partial charge in [-0.25, -0.2) is 8.42 Å². The topological polar surface area (TPSA) is 94.8 Å². The molecule has 0 amide bonds. The third-order valence-corrected chi connectivity index (χ3v) is 7.64. The molecule has 1 fully saturated rings. The first-order valence-electron chi connectivity index (χ1n) is 9.74. The zero-order valence-corrected chi connectivity index (χ0v) is 18.7. The van der Waals surface area contributed by atoms with E-state index in [1.165, 1.54) is 10.4 Å². The minimum atomic E-state index is -3.71. The maximum absolute atomic E-state index is 13.1. The van der Waals surface area contributed by atoms with Crippen molar-refractivity contribution in [3.63, 3.8) is 0 Å². The summed E-state index contributed by atoms with van der Waals surface area (Å²) in [5, 5.41) is 4.29. The Hall–Kier alpha value is -2.62. The molecule has 0 bridgehead atoms. The molecule has 1 aromatic heterocycles. The molecule has 0 radical (unpaired) electrons. The third-order valence-electron chi connectivity index (χ3n) is 5.27. The smallest absolute Gasteiger partial charge is 0.244 e. The van der Waals surface area contributed by atoms with Gasteiger partial charge in [0.1, 0.15) is 4.90 Å². The summed E-state index contributed by atoms with van der Waals surface area (Å²) in [6.45, 7) is 0.669. The highest BCUT2D eigenvalue weighted by atomic mass is 35.5. The first-order chi connectivity index (χ1) is 14.9. The first kappa shape index (κ1) is 21.6. The summed E-state index contributed by atoms with van der Waals surface area (Å²) in [6.07, 6.45) is 1.44. The van der Waals surface area contributed by atoms with Crippen LogP contribution in [-0.2, 0) is 10.0 Å². The summed E-state index contributed by atoms with van der Waals surface area (Å²) < 4.78 is 43.7. The van der Waals surface area contributed by atoms with Crippen LogP contribution in [0.2, 0.25) is 5.02 Å². The molecule has 0 spiro atoms. The fraction of sp³-hybridized carbons (Fsp3) is 0.333. The molecule has 164 valence electrons. The molecule has 0 saturated carbocycles. The van der Waals surface area contributed by atoms with E-state index in [9.17, 15) is 8.42 Å². The summed E-state index contributed by atoms with van der Waals surface area (Å²) in [5.41, 5.74) is 0.712. The summed E-state index contributed by atoms with van der Waals surface area (Å²) in [6, 6.07) is 11.8. The number of hydrogen-bond acceptors (Lipinski definition) is 7. The highest BCUT2D eigenvalue weighted by molar-refractivity contribution is 7.89. The molecule has 1 aliphatic heterocycles. The minimum Gasteiger partial charge on any atom is -0.493 e. The van der Waals surface area contributed by atoms with Gasteiger partial charge in [0.15, 0.2) is 11.5 Å². The molecule has 0 N–H and O–H groups in total. The second kappa shape index (κ2) is 8.86. The average Bonchev–Trinajstić information content (AvgIpc) is 3.29. The Labute approximate surface area is 185 Å². The number of halogens is 1. The summed E-state index contributed by atoms with van der Waals surface area (Å²) >= 11 is 6.13. The minimum absolute atomic E-state index is 0.105. The van der Waals surface area contributed by atoms with Crippen molar-refractivity contribution in [3.8, 4) is 22.9 Å². The second-order valence-corrected chi connectivity index (χ2v) is 9.47. The Bertz CT molecular complexity index is 1180. The van der Waals surface area contributed by atoms with Gasteiger partial charge in [0.05, 0.1) is 25.2 Å². The van der Waals surface area contributed by atoms with Crippen molar-refractivity contribution in [2.24, 2.45) is 0 Å². The Balaban J connectivity index is 1.56. The van der Waals surface area contributed by atoms with Crippen molar-refractivity contribution in [2.45, 2.75) is 23.7 Å². The van der Waals surface area contributed by atoms with Crippen molar-refractivity contribution in [1.82, 2.24) is 14.4 Å². The lowest BCUT2D eigenvalue weighted by molar-refractivity contribution is 0.265. The van der Waals surface area contributed by atoms with E-state index >= 15 is 0 Å². The number of aromatic nitrogens is 2. The molecule has 1 saturated heterocycles. The Morgan fingerprint density at radius 3 is 2.65 bits per heavy atom. The molecular formula is C21H22ClN3O5S. The summed E-state index contributed by atoms with van der Waals surface area (Å²) in [7, 11) is -0.595. The fourth-order valence-electron chi connectivity index (χ4n) is 3.65. The highest BCUT2D eigenvalue weighted by Crippen LogP contribution is 2.34. The number of benzene rings is 2. The molecule has 1 aliphatic rings. The molecule has 10 heteroatoms. The van der Waals surface area contributed by atoms with Crippen molar-refractivity contribution >= 4 is 21.6 Å². The molecule has 1 atom stereocenters. The molecule has 2 heterocycles. The van der Waals surface area contributed by atoms with E-state index in [1.54, 1.807) is 44.6 Å². The highest BCUT2D eigenvalue weighted by Gasteiger charge is 2.34. The van der Waals surface area contributed by atoms with Crippen LogP contribution in [0.4, 0.5) is 0 Å². The molecule has 4 rings (SSSR count). The van der Waals surface area contributed by atoms with Gasteiger partial charge in [-0.1, -0.05) is 28.9 Å². The normalized spacial score (nSPS) is 17.5. The van der Waals surface area contributed by atoms with Crippen LogP contribution >= 0.6 is 11.6 Å². The number of sulfonamides is 1. The number of ether oxygens (including phenoxy) is 2. The third kappa shape index (κ3) is 4.26. The van der Waals surface area contributed by atoms with Gasteiger partial charge in [0, 0.05) is 18.7 Å². The Morgan fingerprint density at radius 1 is 1.13 bits per heavy atom. The molecule has 2 aromatic carbocycles. The molecule has 31 heavy (non-hydrogen) atoms. The van der Waals surface area contributed by atoms with Gasteiger partial charge in [-0.3, -0.25) is 0 Å². The van der Waals surface area contributed by atoms with Gasteiger partial charge in [-0.2, -0.15) is 9.29 Å². The van der Waals surface area contributed by atoms with E-state index in [0.29, 0.717) is 41.7 Å². The van der Waals surface area contributed by atoms with Crippen molar-refractivity contribution in [1.29, 1.82) is 0 Å². The van der Waals surface area contributed by atoms with Crippen LogP contribution in [0.3, 0.4) is 0 Å². The predicted molar refractivity (Wildman–Crippen MR) is 115 cm³/mol. The van der Waals surface area contributed by atoms with Gasteiger partial charge in [0.25, 0.3) is 0 Å². The van der Waals surface area contributed by atoms with Crippen LogP contribution in [0.1, 0.15) is 24.7 Å². The van der Waals surface area contributed by atoms with Crippen molar-refractivity contribution in [2.75, 3.05) is 27.3 Å². The van der Waals surface area contributed by atoms with Crippen LogP contribution in [0, 0.1) is 0 Å². The molecule has 8 nitrogen and oxygen atoms in total. The van der Waals surface area contributed by atoms with Crippen LogP contribution in [0.15, 0.2) is 51.9 Å². The monoisotopic (exact) mass is 463 g/mol. The van der Waals surface area contributed by atoms with E-state index in [1.807, 2.05) is 6.07 Å². The quantitative estimate of drug-likeness (QED) is 0.545. The standard InChI is InChI=1S/C21H22ClN3O5S/c1-28-17-10-9-14(12-18(17)29-2)20-23-21(30-24-20)15-6-5-11-25(13-15)31(26,27)19-8-4-3-7-16(19)22/h3-4,7-10,12,15H,5-6,11,13H2,1-2H3/t15-/m1/s1. The van der Waals surface area contributed by atoms with Crippen molar-refractivity contribution < 1.29 is 22.4 Å². The van der Waals surface area contributed by atoms with E-state index < -0.39 is 10.0 Å². The van der Waals surface area contributed by atoms with Crippen LogP contribution in [-0.4, -0.2) is 50.2 Å². The van der Waals surface area contributed by atoms with E-state index in [4.69, 9.17) is 25.6 Å². The number of hydrogen-bond donors (Lipinski definition) is 0. The van der Waals surface area contributed by atoms with E-state index in [0.717, 1.165) is 6.42 Å². The van der Waals surface area contributed by atoms with Gasteiger partial charge in [0.2, 0.25) is 21.7 Å². The van der Waals surface area contributed by atoms with Crippen LogP contribution in [0.5, 0.6) is 11.5 Å². The average molecular weight is 464 g/mol. The summed E-state index contributed by atoms with van der Waals surface area (Å²) in [5.74, 6) is 1.77. The zero-order chi connectivity index (χ0) is 22.0. The Kier molecular flexibility index (Phi) is 6.17. The number of piperidine rings is 1. The van der Waals surface area contributed by atoms with Crippen molar-refractivity contribution in [3.05, 3.63) is 53.4 Å². The lowest BCUT2D eigenvalue weighted by Crippen LogP contribution is -2.39. The van der Waals surface area contributed by atoms with Crippen LogP contribution in [0.25, 0.3) is 11.4 Å². The van der Waals surface area contributed by atoms with E-state index in [2.05, 4.69) is 10.1 Å². The lowest BCUT2D eigenvalue weighted by Gasteiger charge is -2.30. The Morgan fingerprint density at radius 2 is 1.90 bits per heavy atom. The SMILES string of the molecule is COc1ccc(-c2noc([C@@H]3CCCN(S(=O)(=O)c4ccccc4Cl)C3)n2)cc1OC. The van der Waals surface area contributed by atoms with Gasteiger partial charge in [-0.15, -0.1) is 0 Å². The zero-order valence-electron chi connectivity index (χ0n) is 17.1. The maximum Gasteiger partial charge on any atom is 0.244 e. The maximum atomic E-state index is 13.1. The first-order valence-corrected chi connectivity index (χ1v) is 11.6. The number of methoxy groups -OCH3 is 2. The lowest BCUT2D eigenvalue weighted by atomic mass is 10.00. The fourth-order valence-corrected chi connectivity index (χ4v) is 5.67. The second-order valence-electron chi connectivity index (χ2n) is 7.16. The van der Waals surface area contributed by atoms with Gasteiger partial charge < -0.3 is 14.0 Å². The molecule has 0 unspecified atom stereocenters. The molecular weight excluding hydrogens is 442 g/mol. The van der Waals surface area contributed by atoms with E-state index in [-0.39, 0.29) is 22.4 Å². The predicted octanol–water partition coefficient (Wildman–Crippen LogP) is 3.98. The summed E-state index contributed by atoms with van der Waals surface area (Å²) in [4.78, 5) is 4.63. The number of nitrogens with zero attached hydrogens (tertiary/aromatic N) is 3. The molecule has 3 aromatic rings. The molecule has 0 aliphatic carbocycles. The van der Waals surface area contributed by atoms with Crippen LogP contribution < -0.4 is 9.47 Å². The van der Waals surface area contributed by atoms with Gasteiger partial charge >= 0.3 is 0 Å².